The molecule has 1 amide bonds. The first-order valence-corrected chi connectivity index (χ1v) is 10.2. The van der Waals surface area contributed by atoms with Crippen LogP contribution in [0.4, 0.5) is 4.39 Å². The highest BCUT2D eigenvalue weighted by molar-refractivity contribution is 8.00. The third-order valence-electron chi connectivity index (χ3n) is 4.68. The monoisotopic (exact) mass is 406 g/mol. The van der Waals surface area contributed by atoms with Gasteiger partial charge in [-0.25, -0.2) is 4.39 Å². The number of likely N-dealkylation sites (tertiary alicyclic amines) is 1. The molecule has 0 bridgehead atoms. The molecule has 1 unspecified atom stereocenters. The topological polar surface area (TPSA) is 77.3 Å². The molecule has 2 heterocycles. The fourth-order valence-corrected chi connectivity index (χ4v) is 4.10. The lowest BCUT2D eigenvalue weighted by atomic mass is 9.97. The van der Waals surface area contributed by atoms with Crippen LogP contribution in [0.25, 0.3) is 5.69 Å². The van der Waals surface area contributed by atoms with Crippen molar-refractivity contribution < 1.29 is 18.7 Å². The summed E-state index contributed by atoms with van der Waals surface area (Å²) in [5.74, 6) is -0.745. The number of para-hydroxylation sites is 1. The lowest BCUT2D eigenvalue weighted by Gasteiger charge is -2.32. The van der Waals surface area contributed by atoms with Crippen LogP contribution in [0.2, 0.25) is 0 Å². The Morgan fingerprint density at radius 3 is 2.71 bits per heavy atom. The number of thioether (sulfide) groups is 1. The Kier molecular flexibility index (Phi) is 6.66. The minimum atomic E-state index is -0.408. The van der Waals surface area contributed by atoms with Crippen LogP contribution in [0.3, 0.4) is 0 Å². The number of rotatable bonds is 6. The molecule has 1 aromatic heterocycles. The maximum atomic E-state index is 14.1. The van der Waals surface area contributed by atoms with Gasteiger partial charge < -0.3 is 9.64 Å². The van der Waals surface area contributed by atoms with Gasteiger partial charge in [-0.15, -0.1) is 10.2 Å². The fourth-order valence-electron chi connectivity index (χ4n) is 3.18. The molecule has 1 saturated heterocycles. The van der Waals surface area contributed by atoms with Crippen molar-refractivity contribution in [2.75, 3.05) is 19.7 Å². The van der Waals surface area contributed by atoms with E-state index in [0.717, 1.165) is 0 Å². The molecule has 1 fully saturated rings. The van der Waals surface area contributed by atoms with Crippen LogP contribution in [0.15, 0.2) is 35.7 Å². The summed E-state index contributed by atoms with van der Waals surface area (Å²) in [6.45, 7) is 5.00. The van der Waals surface area contributed by atoms with Crippen molar-refractivity contribution in [2.24, 2.45) is 5.92 Å². The minimum Gasteiger partial charge on any atom is -0.466 e. The third kappa shape index (κ3) is 4.52. The van der Waals surface area contributed by atoms with Crippen LogP contribution < -0.4 is 0 Å². The molecule has 1 aromatic carbocycles. The standard InChI is InChI=1S/C19H23FN4O3S/c1-3-27-18(26)14-8-10-23(11-9-14)17(25)13(2)28-19-22-21-12-24(19)16-7-5-4-6-15(16)20/h4-7,12-14H,3,8-11H2,1-2H3. The van der Waals surface area contributed by atoms with Gasteiger partial charge in [-0.2, -0.15) is 0 Å². The van der Waals surface area contributed by atoms with E-state index in [2.05, 4.69) is 10.2 Å². The van der Waals surface area contributed by atoms with Crippen molar-refractivity contribution in [3.05, 3.63) is 36.4 Å². The molecule has 0 N–H and O–H groups in total. The van der Waals surface area contributed by atoms with Gasteiger partial charge in [-0.1, -0.05) is 23.9 Å². The first-order chi connectivity index (χ1) is 13.5. The summed E-state index contributed by atoms with van der Waals surface area (Å²) in [6, 6.07) is 6.35. The summed E-state index contributed by atoms with van der Waals surface area (Å²) >= 11 is 1.24. The van der Waals surface area contributed by atoms with E-state index in [0.29, 0.717) is 43.4 Å². The van der Waals surface area contributed by atoms with E-state index in [-0.39, 0.29) is 23.6 Å². The van der Waals surface area contributed by atoms with Gasteiger partial charge in [-0.3, -0.25) is 14.2 Å². The molecule has 1 aliphatic heterocycles. The average molecular weight is 406 g/mol. The van der Waals surface area contributed by atoms with Crippen molar-refractivity contribution in [1.29, 1.82) is 0 Å². The Morgan fingerprint density at radius 2 is 2.04 bits per heavy atom. The number of halogens is 1. The molecular formula is C19H23FN4O3S. The van der Waals surface area contributed by atoms with Crippen LogP contribution in [0.1, 0.15) is 26.7 Å². The van der Waals surface area contributed by atoms with E-state index in [1.807, 2.05) is 0 Å². The smallest absolute Gasteiger partial charge is 0.309 e. The van der Waals surface area contributed by atoms with E-state index in [1.165, 1.54) is 28.7 Å². The number of aromatic nitrogens is 3. The number of piperidine rings is 1. The van der Waals surface area contributed by atoms with Gasteiger partial charge in [0, 0.05) is 13.1 Å². The summed E-state index contributed by atoms with van der Waals surface area (Å²) < 4.78 is 20.7. The van der Waals surface area contributed by atoms with Crippen LogP contribution in [-0.4, -0.2) is 56.5 Å². The SMILES string of the molecule is CCOC(=O)C1CCN(C(=O)C(C)Sc2nncn2-c2ccccc2F)CC1. The number of hydrogen-bond acceptors (Lipinski definition) is 6. The number of hydrogen-bond donors (Lipinski definition) is 0. The van der Waals surface area contributed by atoms with Crippen molar-refractivity contribution >= 4 is 23.6 Å². The average Bonchev–Trinajstić information content (AvgIpc) is 3.16. The van der Waals surface area contributed by atoms with Gasteiger partial charge >= 0.3 is 5.97 Å². The van der Waals surface area contributed by atoms with Gasteiger partial charge in [0.25, 0.3) is 0 Å². The van der Waals surface area contributed by atoms with Gasteiger partial charge in [0.05, 0.1) is 23.5 Å². The normalized spacial score (nSPS) is 16.0. The van der Waals surface area contributed by atoms with Gasteiger partial charge in [0.1, 0.15) is 12.1 Å². The van der Waals surface area contributed by atoms with Crippen molar-refractivity contribution in [2.45, 2.75) is 37.1 Å². The Bertz CT molecular complexity index is 836. The van der Waals surface area contributed by atoms with E-state index in [1.54, 1.807) is 36.9 Å². The van der Waals surface area contributed by atoms with Crippen LogP contribution in [0, 0.1) is 11.7 Å². The third-order valence-corrected chi connectivity index (χ3v) is 5.73. The number of benzene rings is 1. The Balaban J connectivity index is 1.61. The van der Waals surface area contributed by atoms with Crippen LogP contribution >= 0.6 is 11.8 Å². The molecule has 0 radical (unpaired) electrons. The molecule has 0 spiro atoms. The van der Waals surface area contributed by atoms with Crippen LogP contribution in [0.5, 0.6) is 0 Å². The van der Waals surface area contributed by atoms with Gasteiger partial charge in [0.15, 0.2) is 5.16 Å². The maximum Gasteiger partial charge on any atom is 0.309 e. The van der Waals surface area contributed by atoms with Gasteiger partial charge in [-0.05, 0) is 38.8 Å². The molecule has 9 heteroatoms. The van der Waals surface area contributed by atoms with E-state index in [9.17, 15) is 14.0 Å². The lowest BCUT2D eigenvalue weighted by Crippen LogP contribution is -2.43. The zero-order valence-electron chi connectivity index (χ0n) is 15.9. The highest BCUT2D eigenvalue weighted by atomic mass is 32.2. The minimum absolute atomic E-state index is 0.0320. The largest absolute Gasteiger partial charge is 0.466 e. The first kappa shape index (κ1) is 20.3. The van der Waals surface area contributed by atoms with E-state index >= 15 is 0 Å². The molecule has 1 atom stereocenters. The molecular weight excluding hydrogens is 383 g/mol. The molecule has 28 heavy (non-hydrogen) atoms. The second kappa shape index (κ2) is 9.18. The van der Waals surface area contributed by atoms with Crippen molar-refractivity contribution in [1.82, 2.24) is 19.7 Å². The Morgan fingerprint density at radius 1 is 1.32 bits per heavy atom. The number of esters is 1. The van der Waals surface area contributed by atoms with E-state index in [4.69, 9.17) is 4.74 Å². The molecule has 2 aromatic rings. The lowest BCUT2D eigenvalue weighted by molar-refractivity contribution is -0.151. The quantitative estimate of drug-likeness (QED) is 0.542. The molecule has 0 aliphatic carbocycles. The van der Waals surface area contributed by atoms with Crippen molar-refractivity contribution in [3.8, 4) is 5.69 Å². The maximum absolute atomic E-state index is 14.1. The highest BCUT2D eigenvalue weighted by Crippen LogP contribution is 2.27. The molecule has 0 saturated carbocycles. The number of nitrogens with zero attached hydrogens (tertiary/aromatic N) is 4. The van der Waals surface area contributed by atoms with Crippen molar-refractivity contribution in [3.63, 3.8) is 0 Å². The van der Waals surface area contributed by atoms with Gasteiger partial charge in [0.2, 0.25) is 5.91 Å². The second-order valence-corrected chi connectivity index (χ2v) is 7.85. The fraction of sp³-hybridized carbons (Fsp3) is 0.474. The predicted octanol–water partition coefficient (Wildman–Crippen LogP) is 2.69. The number of amides is 1. The van der Waals surface area contributed by atoms with Crippen LogP contribution in [-0.2, 0) is 14.3 Å². The molecule has 1 aliphatic rings. The summed E-state index contributed by atoms with van der Waals surface area (Å²) in [7, 11) is 0. The molecule has 150 valence electrons. The van der Waals surface area contributed by atoms with E-state index < -0.39 is 5.25 Å². The summed E-state index contributed by atoms with van der Waals surface area (Å²) in [5.41, 5.74) is 0.338. The molecule has 7 nitrogen and oxygen atoms in total. The summed E-state index contributed by atoms with van der Waals surface area (Å²) in [4.78, 5) is 26.4. The number of carbonyl (C=O) groups excluding carboxylic acids is 2. The summed E-state index contributed by atoms with van der Waals surface area (Å²) in [5, 5.41) is 7.94. The Labute approximate surface area is 167 Å². The molecule has 3 rings (SSSR count). The highest BCUT2D eigenvalue weighted by Gasteiger charge is 2.31. The number of ether oxygens (including phenoxy) is 1. The first-order valence-electron chi connectivity index (χ1n) is 9.28. The summed E-state index contributed by atoms with van der Waals surface area (Å²) in [6.07, 6.45) is 2.64. The number of carbonyl (C=O) groups is 2. The zero-order chi connectivity index (χ0) is 20.1. The predicted molar refractivity (Wildman–Crippen MR) is 103 cm³/mol. The second-order valence-electron chi connectivity index (χ2n) is 6.55. The Hall–Kier alpha value is -2.42. The zero-order valence-corrected chi connectivity index (χ0v) is 16.7.